The van der Waals surface area contributed by atoms with Crippen LogP contribution < -0.4 is 0 Å². The largest absolute Gasteiger partial charge is 0.419 e. The lowest BCUT2D eigenvalue weighted by atomic mass is 10.1. The van der Waals surface area contributed by atoms with Gasteiger partial charge < -0.3 is 9.47 Å². The third-order valence-electron chi connectivity index (χ3n) is 3.23. The second kappa shape index (κ2) is 5.62. The van der Waals surface area contributed by atoms with E-state index in [0.29, 0.717) is 5.56 Å². The summed E-state index contributed by atoms with van der Waals surface area (Å²) < 4.78 is 10.2. The minimum absolute atomic E-state index is 0.115. The van der Waals surface area contributed by atoms with Crippen molar-refractivity contribution >= 4 is 29.4 Å². The molecule has 0 saturated carbocycles. The van der Waals surface area contributed by atoms with Crippen molar-refractivity contribution in [2.75, 3.05) is 0 Å². The summed E-state index contributed by atoms with van der Waals surface area (Å²) in [5, 5.41) is 2.94. The minimum Gasteiger partial charge on any atom is -0.419 e. The summed E-state index contributed by atoms with van der Waals surface area (Å²) in [6.45, 7) is 4.98. The van der Waals surface area contributed by atoms with E-state index in [1.54, 1.807) is 17.4 Å². The third kappa shape index (κ3) is 3.32. The van der Waals surface area contributed by atoms with Crippen LogP contribution in [0.5, 0.6) is 0 Å². The summed E-state index contributed by atoms with van der Waals surface area (Å²) >= 11 is 1.57. The predicted octanol–water partition coefficient (Wildman–Crippen LogP) is 3.34. The monoisotopic (exact) mass is 329 g/mol. The number of hydrogen-bond donors (Lipinski definition) is 0. The first kappa shape index (κ1) is 15.4. The predicted molar refractivity (Wildman–Crippen MR) is 86.5 cm³/mol. The summed E-state index contributed by atoms with van der Waals surface area (Å²) in [5.74, 6) is -2.59. The highest BCUT2D eigenvalue weighted by Gasteiger charge is 2.38. The SMILES string of the molecule is Cc1nc(-c2cccc(C=C3C(=O)OC(C)(C)OC3=O)c2)cs1. The molecule has 118 valence electrons. The number of nitrogens with zero attached hydrogens (tertiary/aromatic N) is 1. The molecule has 0 aliphatic carbocycles. The molecule has 6 heteroatoms. The number of benzene rings is 1. The normalized spacial score (nSPS) is 16.7. The molecule has 0 N–H and O–H groups in total. The average molecular weight is 329 g/mol. The number of cyclic esters (lactones) is 2. The fourth-order valence-electron chi connectivity index (χ4n) is 2.23. The van der Waals surface area contributed by atoms with E-state index in [1.165, 1.54) is 19.9 Å². The van der Waals surface area contributed by atoms with Crippen LogP contribution in [-0.2, 0) is 19.1 Å². The standard InChI is InChI=1S/C17H15NO4S/c1-10-18-14(9-23-10)12-6-4-5-11(7-12)8-13-15(19)21-17(2,3)22-16(13)20/h4-9H,1-3H3. The van der Waals surface area contributed by atoms with Gasteiger partial charge in [-0.2, -0.15) is 0 Å². The number of carbonyl (C=O) groups excluding carboxylic acids is 2. The Hall–Kier alpha value is -2.47. The van der Waals surface area contributed by atoms with E-state index in [2.05, 4.69) is 4.98 Å². The van der Waals surface area contributed by atoms with Gasteiger partial charge in [0.2, 0.25) is 0 Å². The zero-order chi connectivity index (χ0) is 16.6. The number of aryl methyl sites for hydroxylation is 1. The zero-order valence-corrected chi connectivity index (χ0v) is 13.8. The first-order chi connectivity index (χ1) is 10.8. The summed E-state index contributed by atoms with van der Waals surface area (Å²) in [4.78, 5) is 28.4. The molecular weight excluding hydrogens is 314 g/mol. The van der Waals surface area contributed by atoms with E-state index in [1.807, 2.05) is 30.5 Å². The van der Waals surface area contributed by atoms with Gasteiger partial charge in [-0.3, -0.25) is 0 Å². The van der Waals surface area contributed by atoms with Crippen molar-refractivity contribution in [2.45, 2.75) is 26.6 Å². The Kier molecular flexibility index (Phi) is 3.77. The van der Waals surface area contributed by atoms with E-state index >= 15 is 0 Å². The fourth-order valence-corrected chi connectivity index (χ4v) is 2.85. The maximum absolute atomic E-state index is 12.0. The molecule has 0 unspecified atom stereocenters. The summed E-state index contributed by atoms with van der Waals surface area (Å²) in [5.41, 5.74) is 2.37. The highest BCUT2D eigenvalue weighted by molar-refractivity contribution is 7.09. The summed E-state index contributed by atoms with van der Waals surface area (Å²) in [6, 6.07) is 7.44. The first-order valence-corrected chi connectivity index (χ1v) is 7.93. The molecule has 23 heavy (non-hydrogen) atoms. The van der Waals surface area contributed by atoms with Crippen molar-refractivity contribution in [2.24, 2.45) is 0 Å². The molecule has 1 aliphatic heterocycles. The Morgan fingerprint density at radius 2 is 1.87 bits per heavy atom. The zero-order valence-electron chi connectivity index (χ0n) is 13.0. The fraction of sp³-hybridized carbons (Fsp3) is 0.235. The maximum Gasteiger partial charge on any atom is 0.348 e. The second-order valence-corrected chi connectivity index (χ2v) is 6.68. The van der Waals surface area contributed by atoms with Crippen LogP contribution >= 0.6 is 11.3 Å². The topological polar surface area (TPSA) is 65.5 Å². The summed E-state index contributed by atoms with van der Waals surface area (Å²) in [7, 11) is 0. The average Bonchev–Trinajstić information content (AvgIpc) is 2.89. The van der Waals surface area contributed by atoms with Gasteiger partial charge in [0.05, 0.1) is 10.7 Å². The number of ether oxygens (including phenoxy) is 2. The minimum atomic E-state index is -1.23. The smallest absolute Gasteiger partial charge is 0.348 e. The molecule has 0 radical (unpaired) electrons. The van der Waals surface area contributed by atoms with Gasteiger partial charge in [-0.05, 0) is 24.6 Å². The molecule has 0 amide bonds. The number of aromatic nitrogens is 1. The molecule has 0 atom stereocenters. The van der Waals surface area contributed by atoms with Crippen LogP contribution in [0.25, 0.3) is 17.3 Å². The third-order valence-corrected chi connectivity index (χ3v) is 4.00. The van der Waals surface area contributed by atoms with E-state index in [0.717, 1.165) is 16.3 Å². The Bertz CT molecular complexity index is 798. The highest BCUT2D eigenvalue weighted by Crippen LogP contribution is 2.26. The van der Waals surface area contributed by atoms with Crippen molar-refractivity contribution in [1.29, 1.82) is 0 Å². The van der Waals surface area contributed by atoms with Gasteiger partial charge in [0.1, 0.15) is 5.57 Å². The number of thiazole rings is 1. The van der Waals surface area contributed by atoms with Gasteiger partial charge in [0, 0.05) is 24.8 Å². The van der Waals surface area contributed by atoms with Crippen molar-refractivity contribution in [3.05, 3.63) is 45.8 Å². The van der Waals surface area contributed by atoms with Crippen molar-refractivity contribution in [3.8, 4) is 11.3 Å². The van der Waals surface area contributed by atoms with Crippen LogP contribution in [0.15, 0.2) is 35.2 Å². The molecule has 1 aromatic heterocycles. The number of esters is 2. The lowest BCUT2D eigenvalue weighted by Gasteiger charge is -2.29. The quantitative estimate of drug-likeness (QED) is 0.480. The first-order valence-electron chi connectivity index (χ1n) is 7.05. The maximum atomic E-state index is 12.0. The molecule has 0 spiro atoms. The van der Waals surface area contributed by atoms with Gasteiger partial charge in [0.25, 0.3) is 5.79 Å². The molecule has 1 aliphatic rings. The van der Waals surface area contributed by atoms with Crippen molar-refractivity contribution in [3.63, 3.8) is 0 Å². The van der Waals surface area contributed by atoms with Gasteiger partial charge in [0.15, 0.2) is 0 Å². The second-order valence-electron chi connectivity index (χ2n) is 5.61. The molecular formula is C17H15NO4S. The van der Waals surface area contributed by atoms with E-state index in [4.69, 9.17) is 9.47 Å². The Morgan fingerprint density at radius 1 is 1.17 bits per heavy atom. The molecule has 3 rings (SSSR count). The van der Waals surface area contributed by atoms with Crippen LogP contribution in [0.1, 0.15) is 24.4 Å². The lowest BCUT2D eigenvalue weighted by Crippen LogP contribution is -2.41. The van der Waals surface area contributed by atoms with Crippen LogP contribution in [0.2, 0.25) is 0 Å². The van der Waals surface area contributed by atoms with Crippen LogP contribution in [0.4, 0.5) is 0 Å². The van der Waals surface area contributed by atoms with Gasteiger partial charge in [-0.15, -0.1) is 11.3 Å². The van der Waals surface area contributed by atoms with E-state index < -0.39 is 17.7 Å². The Labute approximate surface area is 137 Å². The van der Waals surface area contributed by atoms with Crippen LogP contribution in [0, 0.1) is 6.92 Å². The van der Waals surface area contributed by atoms with Crippen molar-refractivity contribution < 1.29 is 19.1 Å². The van der Waals surface area contributed by atoms with Crippen molar-refractivity contribution in [1.82, 2.24) is 4.98 Å². The number of rotatable bonds is 2. The molecule has 1 aromatic carbocycles. The van der Waals surface area contributed by atoms with Crippen LogP contribution in [0.3, 0.4) is 0 Å². The highest BCUT2D eigenvalue weighted by atomic mass is 32.1. The molecule has 2 heterocycles. The molecule has 1 fully saturated rings. The van der Waals surface area contributed by atoms with Crippen LogP contribution in [-0.4, -0.2) is 22.7 Å². The Balaban J connectivity index is 1.94. The molecule has 2 aromatic rings. The van der Waals surface area contributed by atoms with Gasteiger partial charge in [-0.1, -0.05) is 18.2 Å². The van der Waals surface area contributed by atoms with Gasteiger partial charge >= 0.3 is 11.9 Å². The Morgan fingerprint density at radius 3 is 2.48 bits per heavy atom. The summed E-state index contributed by atoms with van der Waals surface area (Å²) in [6.07, 6.45) is 1.47. The van der Waals surface area contributed by atoms with E-state index in [-0.39, 0.29) is 5.57 Å². The number of carbonyl (C=O) groups is 2. The lowest BCUT2D eigenvalue weighted by molar-refractivity contribution is -0.222. The molecule has 0 bridgehead atoms. The molecule has 5 nitrogen and oxygen atoms in total. The number of hydrogen-bond acceptors (Lipinski definition) is 6. The van der Waals surface area contributed by atoms with E-state index in [9.17, 15) is 9.59 Å². The van der Waals surface area contributed by atoms with Gasteiger partial charge in [-0.25, -0.2) is 14.6 Å². The molecule has 1 saturated heterocycles.